The molecule has 0 aliphatic carbocycles. The molecule has 112 valence electrons. The summed E-state index contributed by atoms with van der Waals surface area (Å²) >= 11 is 3.36. The number of benzene rings is 1. The molecule has 1 aromatic heterocycles. The number of carboxylic acid groups (broad SMARTS) is 1. The molecule has 0 bridgehead atoms. The summed E-state index contributed by atoms with van der Waals surface area (Å²) in [6.07, 6.45) is 0. The summed E-state index contributed by atoms with van der Waals surface area (Å²) in [5.74, 6) is -0.262. The molecule has 8 heteroatoms. The second-order valence-corrected chi connectivity index (χ2v) is 4.74. The van der Waals surface area contributed by atoms with Gasteiger partial charge in [-0.25, -0.2) is 4.79 Å². The lowest BCUT2D eigenvalue weighted by Crippen LogP contribution is -1.98. The van der Waals surface area contributed by atoms with E-state index in [1.54, 1.807) is 6.07 Å². The van der Waals surface area contributed by atoms with E-state index in [9.17, 15) is 4.79 Å². The van der Waals surface area contributed by atoms with Crippen LogP contribution >= 0.6 is 15.9 Å². The van der Waals surface area contributed by atoms with Crippen LogP contribution in [-0.2, 0) is 0 Å². The minimum Gasteiger partial charge on any atom is -0.495 e. The number of hydrogen-bond acceptors (Lipinski definition) is 6. The number of carboxylic acids is 1. The van der Waals surface area contributed by atoms with E-state index in [0.29, 0.717) is 27.3 Å². The smallest absolute Gasteiger partial charge is 0.374 e. The van der Waals surface area contributed by atoms with Crippen LogP contribution in [0.25, 0.3) is 11.3 Å². The number of methoxy groups -OCH3 is 3. The van der Waals surface area contributed by atoms with Gasteiger partial charge in [-0.3, -0.25) is 0 Å². The Morgan fingerprint density at radius 1 is 1.19 bits per heavy atom. The third kappa shape index (κ3) is 2.66. The van der Waals surface area contributed by atoms with E-state index >= 15 is 0 Å². The van der Waals surface area contributed by atoms with Gasteiger partial charge in [-0.15, -0.1) is 0 Å². The largest absolute Gasteiger partial charge is 0.495 e. The number of carbonyl (C=O) groups is 1. The van der Waals surface area contributed by atoms with Gasteiger partial charge in [0.25, 0.3) is 0 Å². The highest BCUT2D eigenvalue weighted by molar-refractivity contribution is 9.10. The number of hydrogen-bond donors (Lipinski definition) is 1. The van der Waals surface area contributed by atoms with Gasteiger partial charge in [-0.2, -0.15) is 0 Å². The Balaban J connectivity index is 2.74. The van der Waals surface area contributed by atoms with Crippen molar-refractivity contribution in [2.45, 2.75) is 0 Å². The lowest BCUT2D eigenvalue weighted by molar-refractivity contribution is 0.0652. The molecule has 0 aliphatic rings. The first-order chi connectivity index (χ1) is 10.0. The number of ether oxygens (including phenoxy) is 3. The third-order valence-electron chi connectivity index (χ3n) is 2.76. The van der Waals surface area contributed by atoms with Crippen molar-refractivity contribution in [2.24, 2.45) is 0 Å². The van der Waals surface area contributed by atoms with Crippen LogP contribution in [0.1, 0.15) is 10.6 Å². The Kier molecular flexibility index (Phi) is 4.37. The van der Waals surface area contributed by atoms with Gasteiger partial charge in [0.2, 0.25) is 5.76 Å². The Labute approximate surface area is 128 Å². The lowest BCUT2D eigenvalue weighted by Gasteiger charge is -2.16. The maximum atomic E-state index is 10.9. The fourth-order valence-electron chi connectivity index (χ4n) is 1.87. The van der Waals surface area contributed by atoms with Gasteiger partial charge in [0.1, 0.15) is 11.4 Å². The summed E-state index contributed by atoms with van der Waals surface area (Å²) in [4.78, 5) is 10.9. The van der Waals surface area contributed by atoms with Crippen LogP contribution in [0.15, 0.2) is 21.1 Å². The average Bonchev–Trinajstić information content (AvgIpc) is 2.95. The molecule has 1 N–H and O–H groups in total. The molecule has 7 nitrogen and oxygen atoms in total. The molecular formula is C13H12BrNO6. The van der Waals surface area contributed by atoms with Crippen LogP contribution in [0.2, 0.25) is 0 Å². The van der Waals surface area contributed by atoms with Crippen molar-refractivity contribution >= 4 is 21.9 Å². The van der Waals surface area contributed by atoms with E-state index in [-0.39, 0.29) is 11.5 Å². The van der Waals surface area contributed by atoms with Crippen LogP contribution in [-0.4, -0.2) is 37.6 Å². The van der Waals surface area contributed by atoms with E-state index in [2.05, 4.69) is 21.1 Å². The van der Waals surface area contributed by atoms with Crippen LogP contribution < -0.4 is 14.2 Å². The molecule has 0 saturated heterocycles. The first kappa shape index (κ1) is 15.2. The second kappa shape index (κ2) is 6.04. The fourth-order valence-corrected chi connectivity index (χ4v) is 2.44. The maximum Gasteiger partial charge on any atom is 0.374 e. The van der Waals surface area contributed by atoms with E-state index in [0.717, 1.165) is 0 Å². The third-order valence-corrected chi connectivity index (χ3v) is 3.35. The molecule has 0 radical (unpaired) electrons. The van der Waals surface area contributed by atoms with Gasteiger partial charge in [-0.1, -0.05) is 5.16 Å². The number of aromatic carboxylic acids is 1. The van der Waals surface area contributed by atoms with Crippen molar-refractivity contribution in [3.63, 3.8) is 0 Å². The molecule has 0 amide bonds. The minimum atomic E-state index is -1.21. The predicted molar refractivity (Wildman–Crippen MR) is 76.3 cm³/mol. The molecule has 1 heterocycles. The number of rotatable bonds is 5. The van der Waals surface area contributed by atoms with Crippen molar-refractivity contribution in [3.05, 3.63) is 22.4 Å². The molecule has 2 rings (SSSR count). The molecule has 0 aliphatic heterocycles. The molecule has 0 fully saturated rings. The van der Waals surface area contributed by atoms with E-state index in [1.165, 1.54) is 27.4 Å². The maximum absolute atomic E-state index is 10.9. The van der Waals surface area contributed by atoms with E-state index in [1.807, 2.05) is 0 Å². The van der Waals surface area contributed by atoms with Crippen molar-refractivity contribution in [3.8, 4) is 28.5 Å². The zero-order valence-corrected chi connectivity index (χ0v) is 13.1. The normalized spacial score (nSPS) is 10.3. The van der Waals surface area contributed by atoms with Gasteiger partial charge in [0.05, 0.1) is 31.4 Å². The average molecular weight is 358 g/mol. The SMILES string of the molecule is COc1cc(Br)c(OC)c(-c2cc(C(=O)O)on2)c1OC. The number of nitrogens with zero attached hydrogens (tertiary/aromatic N) is 1. The molecule has 2 aromatic rings. The summed E-state index contributed by atoms with van der Waals surface area (Å²) in [7, 11) is 4.44. The minimum absolute atomic E-state index is 0.265. The van der Waals surface area contributed by atoms with E-state index in [4.69, 9.17) is 23.8 Å². The topological polar surface area (TPSA) is 91.0 Å². The Morgan fingerprint density at radius 2 is 1.86 bits per heavy atom. The summed E-state index contributed by atoms with van der Waals surface area (Å²) < 4.78 is 21.3. The van der Waals surface area contributed by atoms with Crippen molar-refractivity contribution in [1.82, 2.24) is 5.16 Å². The first-order valence-electron chi connectivity index (χ1n) is 5.72. The Hall–Kier alpha value is -2.22. The monoisotopic (exact) mass is 357 g/mol. The van der Waals surface area contributed by atoms with Gasteiger partial charge in [-0.05, 0) is 15.9 Å². The molecular weight excluding hydrogens is 346 g/mol. The van der Waals surface area contributed by atoms with Crippen LogP contribution in [0.3, 0.4) is 0 Å². The van der Waals surface area contributed by atoms with E-state index < -0.39 is 5.97 Å². The zero-order valence-electron chi connectivity index (χ0n) is 11.5. The predicted octanol–water partition coefficient (Wildman–Crippen LogP) is 2.83. The lowest BCUT2D eigenvalue weighted by atomic mass is 10.1. The van der Waals surface area contributed by atoms with Crippen LogP contribution in [0.4, 0.5) is 0 Å². The Bertz CT molecular complexity index is 682. The molecule has 0 atom stereocenters. The number of aromatic nitrogens is 1. The molecule has 1 aromatic carbocycles. The van der Waals surface area contributed by atoms with Crippen molar-refractivity contribution in [1.29, 1.82) is 0 Å². The number of halogens is 1. The van der Waals surface area contributed by atoms with Crippen molar-refractivity contribution in [2.75, 3.05) is 21.3 Å². The van der Waals surface area contributed by atoms with Gasteiger partial charge in [0, 0.05) is 12.1 Å². The molecule has 0 spiro atoms. The van der Waals surface area contributed by atoms with Gasteiger partial charge < -0.3 is 23.8 Å². The summed E-state index contributed by atoms with van der Waals surface area (Å²) in [5.41, 5.74) is 0.697. The van der Waals surface area contributed by atoms with Crippen LogP contribution in [0, 0.1) is 0 Å². The quantitative estimate of drug-likeness (QED) is 0.879. The Morgan fingerprint density at radius 3 is 2.33 bits per heavy atom. The standard InChI is InChI=1S/C13H12BrNO6/c1-18-8-4-6(14)11(19-2)10(12(8)20-3)7-5-9(13(16)17)21-15-7/h4-5H,1-3H3,(H,16,17). The highest BCUT2D eigenvalue weighted by atomic mass is 79.9. The van der Waals surface area contributed by atoms with Crippen LogP contribution in [0.5, 0.6) is 17.2 Å². The zero-order chi connectivity index (χ0) is 15.6. The summed E-state index contributed by atoms with van der Waals surface area (Å²) in [6.45, 7) is 0. The van der Waals surface area contributed by atoms with Crippen molar-refractivity contribution < 1.29 is 28.6 Å². The second-order valence-electron chi connectivity index (χ2n) is 3.88. The highest BCUT2D eigenvalue weighted by Gasteiger charge is 2.24. The summed E-state index contributed by atoms with van der Waals surface area (Å²) in [6, 6.07) is 2.97. The molecule has 0 saturated carbocycles. The summed E-state index contributed by atoms with van der Waals surface area (Å²) in [5, 5.41) is 12.7. The molecule has 0 unspecified atom stereocenters. The first-order valence-corrected chi connectivity index (χ1v) is 6.51. The van der Waals surface area contributed by atoms with Gasteiger partial charge >= 0.3 is 5.97 Å². The fraction of sp³-hybridized carbons (Fsp3) is 0.231. The van der Waals surface area contributed by atoms with Gasteiger partial charge in [0.15, 0.2) is 11.5 Å². The molecule has 21 heavy (non-hydrogen) atoms. The highest BCUT2D eigenvalue weighted by Crippen LogP contribution is 2.48.